The van der Waals surface area contributed by atoms with Crippen molar-refractivity contribution in [1.82, 2.24) is 19.4 Å². The van der Waals surface area contributed by atoms with Crippen molar-refractivity contribution >= 4 is 37.9 Å². The molecule has 0 aromatic rings. The number of amides is 1. The number of hydroxylamine groups is 1. The normalized spacial score (nSPS) is 19.0. The average molecular weight is 713 g/mol. The Morgan fingerprint density at radius 2 is 1.00 bits per heavy atom. The molecule has 3 N–H and O–H groups in total. The topological polar surface area (TPSA) is 189 Å². The van der Waals surface area contributed by atoms with Gasteiger partial charge >= 0.3 is 11.9 Å². The number of hydrogen-bond acceptors (Lipinski definition) is 11. The van der Waals surface area contributed by atoms with Crippen molar-refractivity contribution in [2.75, 3.05) is 66.0 Å². The Balaban J connectivity index is 0.000000356. The van der Waals surface area contributed by atoms with Gasteiger partial charge < -0.3 is 14.8 Å². The highest BCUT2D eigenvalue weighted by Gasteiger charge is 2.25. The Bertz CT molecular complexity index is 1050. The predicted molar refractivity (Wildman–Crippen MR) is 179 cm³/mol. The molecule has 3 fully saturated rings. The van der Waals surface area contributed by atoms with Crippen molar-refractivity contribution in [3.63, 3.8) is 0 Å². The van der Waals surface area contributed by atoms with Crippen molar-refractivity contribution in [1.29, 1.82) is 0 Å². The van der Waals surface area contributed by atoms with E-state index < -0.39 is 20.0 Å². The lowest BCUT2D eigenvalue weighted by molar-refractivity contribution is -0.141. The number of methoxy groups -OCH3 is 2. The van der Waals surface area contributed by atoms with Crippen molar-refractivity contribution in [2.24, 2.45) is 17.8 Å². The standard InChI is InChI=1S/C11H21NO4S.C10H20N2O4S.C10H19NO2/c1-16-11(13)5-3-4-10-6-8-12(9-7-10)17(2,14)15;1-17(15,16)12-7-5-9(6-8-12)3-2-4-10(13)11-14;1-13-10(12)4-2-3-9-5-7-11-8-6-9/h10H,3-9H2,1-2H3;9,14H,2-8H2,1H3,(H,11,13);9,11H,2-8H2,1H3. The van der Waals surface area contributed by atoms with Crippen molar-refractivity contribution in [3.05, 3.63) is 0 Å². The van der Waals surface area contributed by atoms with Crippen LogP contribution in [0.1, 0.15) is 96.3 Å². The average Bonchev–Trinajstić information content (AvgIpc) is 3.05. The molecule has 0 bridgehead atoms. The summed E-state index contributed by atoms with van der Waals surface area (Å²) in [6.07, 6.45) is 15.5. The van der Waals surface area contributed by atoms with Crippen LogP contribution in [0.15, 0.2) is 0 Å². The molecule has 47 heavy (non-hydrogen) atoms. The number of esters is 2. The number of carbonyl (C=O) groups excluding carboxylic acids is 3. The predicted octanol–water partition coefficient (Wildman–Crippen LogP) is 2.66. The van der Waals surface area contributed by atoms with Crippen LogP contribution in [0.5, 0.6) is 0 Å². The molecule has 0 aliphatic carbocycles. The molecule has 1 amide bonds. The van der Waals surface area contributed by atoms with Gasteiger partial charge in [0.05, 0.1) is 26.7 Å². The van der Waals surface area contributed by atoms with Gasteiger partial charge in [-0.2, -0.15) is 0 Å². The maximum absolute atomic E-state index is 11.3. The summed E-state index contributed by atoms with van der Waals surface area (Å²) in [5.41, 5.74) is 1.60. The van der Waals surface area contributed by atoms with Gasteiger partial charge in [-0.1, -0.05) is 0 Å². The van der Waals surface area contributed by atoms with Gasteiger partial charge in [0.2, 0.25) is 26.0 Å². The summed E-state index contributed by atoms with van der Waals surface area (Å²) in [6.45, 7) is 4.67. The molecule has 276 valence electrons. The van der Waals surface area contributed by atoms with Gasteiger partial charge in [-0.15, -0.1) is 0 Å². The molecule has 3 aliphatic heterocycles. The van der Waals surface area contributed by atoms with Crippen LogP contribution in [0.25, 0.3) is 0 Å². The largest absolute Gasteiger partial charge is 0.469 e. The third kappa shape index (κ3) is 20.3. The third-order valence-electron chi connectivity index (χ3n) is 9.13. The first-order valence-corrected chi connectivity index (χ1v) is 20.6. The van der Waals surface area contributed by atoms with Crippen LogP contribution in [0, 0.1) is 17.8 Å². The SMILES string of the molecule is COC(=O)CCCC1CCN(S(C)(=O)=O)CC1.COC(=O)CCCC1CCNCC1.CS(=O)(=O)N1CCC(CCCC(=O)NO)CC1. The summed E-state index contributed by atoms with van der Waals surface area (Å²) in [4.78, 5) is 32.5. The Hall–Kier alpha value is -1.85. The fourth-order valence-electron chi connectivity index (χ4n) is 6.11. The molecule has 3 heterocycles. The zero-order chi connectivity index (χ0) is 35.3. The van der Waals surface area contributed by atoms with Gasteiger partial charge in [0.25, 0.3) is 0 Å². The van der Waals surface area contributed by atoms with Gasteiger partial charge in [0, 0.05) is 45.4 Å². The van der Waals surface area contributed by atoms with E-state index in [0.29, 0.717) is 57.3 Å². The van der Waals surface area contributed by atoms with Crippen LogP contribution < -0.4 is 10.8 Å². The Morgan fingerprint density at radius 1 is 0.660 bits per heavy atom. The zero-order valence-corrected chi connectivity index (χ0v) is 30.5. The number of hydrogen-bond donors (Lipinski definition) is 3. The number of rotatable bonds is 14. The van der Waals surface area contributed by atoms with Crippen LogP contribution in [-0.4, -0.2) is 114 Å². The third-order valence-corrected chi connectivity index (χ3v) is 11.7. The molecule has 0 atom stereocenters. The van der Waals surface area contributed by atoms with Crippen molar-refractivity contribution < 1.29 is 45.9 Å². The van der Waals surface area contributed by atoms with E-state index in [1.807, 2.05) is 0 Å². The van der Waals surface area contributed by atoms with E-state index in [0.717, 1.165) is 76.8 Å². The minimum absolute atomic E-state index is 0.0751. The zero-order valence-electron chi connectivity index (χ0n) is 28.9. The highest BCUT2D eigenvalue weighted by atomic mass is 32.2. The van der Waals surface area contributed by atoms with Gasteiger partial charge in [-0.05, 0) is 108 Å². The van der Waals surface area contributed by atoms with E-state index in [-0.39, 0.29) is 17.8 Å². The van der Waals surface area contributed by atoms with E-state index in [9.17, 15) is 31.2 Å². The quantitative estimate of drug-likeness (QED) is 0.136. The molecule has 3 saturated heterocycles. The second-order valence-electron chi connectivity index (χ2n) is 12.8. The van der Waals surface area contributed by atoms with E-state index in [2.05, 4.69) is 14.8 Å². The molecule has 3 rings (SSSR count). The number of sulfonamides is 2. The number of piperidine rings is 3. The first kappa shape index (κ1) is 43.2. The second kappa shape index (κ2) is 23.5. The van der Waals surface area contributed by atoms with Crippen molar-refractivity contribution in [3.8, 4) is 0 Å². The Morgan fingerprint density at radius 3 is 1.32 bits per heavy atom. The fourth-order valence-corrected chi connectivity index (χ4v) is 7.86. The lowest BCUT2D eigenvalue weighted by atomic mass is 9.92. The molecule has 3 aliphatic rings. The molecule has 16 heteroatoms. The van der Waals surface area contributed by atoms with Gasteiger partial charge in [0.15, 0.2) is 0 Å². The lowest BCUT2D eigenvalue weighted by Gasteiger charge is -2.30. The maximum atomic E-state index is 11.3. The Labute approximate surface area is 282 Å². The summed E-state index contributed by atoms with van der Waals surface area (Å²) >= 11 is 0. The first-order valence-electron chi connectivity index (χ1n) is 16.9. The molecule has 0 radical (unpaired) electrons. The number of carbonyl (C=O) groups is 3. The number of ether oxygens (including phenoxy) is 2. The molecule has 0 spiro atoms. The van der Waals surface area contributed by atoms with Gasteiger partial charge in [-0.3, -0.25) is 19.6 Å². The summed E-state index contributed by atoms with van der Waals surface area (Å²) in [5, 5.41) is 11.7. The summed E-state index contributed by atoms with van der Waals surface area (Å²) in [6, 6.07) is 0. The molecule has 0 aromatic carbocycles. The van der Waals surface area contributed by atoms with Crippen LogP contribution in [-0.2, 0) is 43.9 Å². The smallest absolute Gasteiger partial charge is 0.305 e. The van der Waals surface area contributed by atoms with Crippen LogP contribution in [0.3, 0.4) is 0 Å². The van der Waals surface area contributed by atoms with Crippen molar-refractivity contribution in [2.45, 2.75) is 96.3 Å². The minimum atomic E-state index is -3.05. The molecular formula is C31H60N4O10S2. The van der Waals surface area contributed by atoms with E-state index in [4.69, 9.17) is 5.21 Å². The summed E-state index contributed by atoms with van der Waals surface area (Å²) in [7, 11) is -3.23. The highest BCUT2D eigenvalue weighted by molar-refractivity contribution is 7.88. The first-order chi connectivity index (χ1) is 22.2. The maximum Gasteiger partial charge on any atom is 0.305 e. The Kier molecular flexibility index (Phi) is 21.6. The fraction of sp³-hybridized carbons (Fsp3) is 0.903. The summed E-state index contributed by atoms with van der Waals surface area (Å²) < 4.78 is 57.4. The molecule has 0 saturated carbocycles. The number of nitrogens with one attached hydrogen (secondary N) is 2. The van der Waals surface area contributed by atoms with E-state index in [1.54, 1.807) is 5.48 Å². The monoisotopic (exact) mass is 712 g/mol. The summed E-state index contributed by atoms with van der Waals surface area (Å²) in [5.74, 6) is 1.24. The van der Waals surface area contributed by atoms with Crippen LogP contribution >= 0.6 is 0 Å². The van der Waals surface area contributed by atoms with E-state index >= 15 is 0 Å². The van der Waals surface area contributed by atoms with Gasteiger partial charge in [-0.25, -0.2) is 30.9 Å². The van der Waals surface area contributed by atoms with Gasteiger partial charge in [0.1, 0.15) is 0 Å². The van der Waals surface area contributed by atoms with Crippen LogP contribution in [0.2, 0.25) is 0 Å². The van der Waals surface area contributed by atoms with Crippen LogP contribution in [0.4, 0.5) is 0 Å². The molecular weight excluding hydrogens is 652 g/mol. The molecule has 14 nitrogen and oxygen atoms in total. The lowest BCUT2D eigenvalue weighted by Crippen LogP contribution is -2.37. The number of nitrogens with zero attached hydrogens (tertiary/aromatic N) is 2. The highest BCUT2D eigenvalue weighted by Crippen LogP contribution is 2.25. The van der Waals surface area contributed by atoms with E-state index in [1.165, 1.54) is 54.6 Å². The second-order valence-corrected chi connectivity index (χ2v) is 16.7. The minimum Gasteiger partial charge on any atom is -0.469 e. The molecule has 0 unspecified atom stereocenters. The molecule has 0 aromatic heterocycles.